The van der Waals surface area contributed by atoms with Crippen LogP contribution < -0.4 is 5.32 Å². The number of hydrogen-bond donors (Lipinski definition) is 1. The lowest BCUT2D eigenvalue weighted by Crippen LogP contribution is -2.41. The lowest BCUT2D eigenvalue weighted by Gasteiger charge is -2.29. The molecule has 1 aliphatic heterocycles. The number of nitrogens with zero attached hydrogens (tertiary/aromatic N) is 2. The molecule has 124 valence electrons. The average Bonchev–Trinajstić information content (AvgIpc) is 2.63. The van der Waals surface area contributed by atoms with Crippen LogP contribution in [0.1, 0.15) is 11.1 Å². The van der Waals surface area contributed by atoms with Crippen molar-refractivity contribution in [3.63, 3.8) is 0 Å². The summed E-state index contributed by atoms with van der Waals surface area (Å²) in [6, 6.07) is 17.1. The molecule has 1 fully saturated rings. The molecule has 0 saturated carbocycles. The van der Waals surface area contributed by atoms with Crippen LogP contribution in [-0.2, 0) is 4.74 Å². The van der Waals surface area contributed by atoms with Gasteiger partial charge in [-0.3, -0.25) is 0 Å². The molecule has 0 radical (unpaired) electrons. The van der Waals surface area contributed by atoms with Crippen LogP contribution in [0.3, 0.4) is 0 Å². The topological polar surface area (TPSA) is 53.9 Å². The Morgan fingerprint density at radius 3 is 2.38 bits per heavy atom. The fourth-order valence-electron chi connectivity index (χ4n) is 2.56. The minimum atomic E-state index is -0.371. The normalized spacial score (nSPS) is 15.2. The van der Waals surface area contributed by atoms with Gasteiger partial charge in [-0.15, -0.1) is 0 Å². The molecule has 1 aliphatic rings. The quantitative estimate of drug-likeness (QED) is 0.681. The van der Waals surface area contributed by atoms with Crippen LogP contribution in [0.5, 0.6) is 0 Å². The summed E-state index contributed by atoms with van der Waals surface area (Å²) in [5, 5.41) is 2.82. The second kappa shape index (κ2) is 7.75. The summed E-state index contributed by atoms with van der Waals surface area (Å²) in [6.45, 7) is 4.75. The highest BCUT2D eigenvalue weighted by atomic mass is 16.5. The van der Waals surface area contributed by atoms with Crippen molar-refractivity contribution < 1.29 is 9.53 Å². The van der Waals surface area contributed by atoms with Crippen molar-refractivity contribution in [3.05, 3.63) is 65.7 Å². The average molecular weight is 323 g/mol. The van der Waals surface area contributed by atoms with Crippen molar-refractivity contribution >= 4 is 17.6 Å². The Bertz CT molecular complexity index is 705. The summed E-state index contributed by atoms with van der Waals surface area (Å²) in [4.78, 5) is 18.8. The first-order chi connectivity index (χ1) is 11.7. The molecule has 0 bridgehead atoms. The van der Waals surface area contributed by atoms with E-state index in [2.05, 4.69) is 15.2 Å². The molecule has 0 aliphatic carbocycles. The summed E-state index contributed by atoms with van der Waals surface area (Å²) in [5.41, 5.74) is 2.82. The number of aryl methyl sites for hydroxylation is 1. The molecule has 1 heterocycles. The van der Waals surface area contributed by atoms with E-state index in [4.69, 9.17) is 4.74 Å². The molecule has 0 spiro atoms. The van der Waals surface area contributed by atoms with Crippen molar-refractivity contribution in [3.8, 4) is 0 Å². The number of amides is 2. The zero-order valence-corrected chi connectivity index (χ0v) is 13.7. The molecule has 5 nitrogen and oxygen atoms in total. The van der Waals surface area contributed by atoms with E-state index in [9.17, 15) is 4.79 Å². The summed E-state index contributed by atoms with van der Waals surface area (Å²) < 4.78 is 5.40. The van der Waals surface area contributed by atoms with Gasteiger partial charge in [-0.05, 0) is 19.1 Å². The predicted molar refractivity (Wildman–Crippen MR) is 95.6 cm³/mol. The molecular formula is C19H21N3O2. The number of benzene rings is 2. The highest BCUT2D eigenvalue weighted by molar-refractivity contribution is 6.07. The van der Waals surface area contributed by atoms with Crippen molar-refractivity contribution in [2.24, 2.45) is 4.99 Å². The van der Waals surface area contributed by atoms with E-state index < -0.39 is 0 Å². The van der Waals surface area contributed by atoms with Crippen molar-refractivity contribution in [1.29, 1.82) is 0 Å². The van der Waals surface area contributed by atoms with Gasteiger partial charge in [0.1, 0.15) is 5.84 Å². The smallest absolute Gasteiger partial charge is 0.347 e. The van der Waals surface area contributed by atoms with Crippen LogP contribution in [0, 0.1) is 6.92 Å². The molecule has 0 unspecified atom stereocenters. The molecule has 2 amide bonds. The largest absolute Gasteiger partial charge is 0.378 e. The number of nitrogens with one attached hydrogen (secondary N) is 1. The Morgan fingerprint density at radius 1 is 1.04 bits per heavy atom. The van der Waals surface area contributed by atoms with Gasteiger partial charge in [0, 0.05) is 24.3 Å². The van der Waals surface area contributed by atoms with Crippen molar-refractivity contribution in [2.45, 2.75) is 6.92 Å². The van der Waals surface area contributed by atoms with Crippen LogP contribution in [0.15, 0.2) is 59.6 Å². The monoisotopic (exact) mass is 323 g/mol. The van der Waals surface area contributed by atoms with E-state index in [1.165, 1.54) is 0 Å². The third kappa shape index (κ3) is 4.20. The number of hydrogen-bond acceptors (Lipinski definition) is 2. The number of carbonyl (C=O) groups is 1. The van der Waals surface area contributed by atoms with Gasteiger partial charge in [-0.1, -0.05) is 48.0 Å². The van der Waals surface area contributed by atoms with Crippen LogP contribution in [0.4, 0.5) is 10.5 Å². The van der Waals surface area contributed by atoms with E-state index in [0.29, 0.717) is 19.0 Å². The third-order valence-electron chi connectivity index (χ3n) is 3.85. The van der Waals surface area contributed by atoms with E-state index in [1.807, 2.05) is 61.5 Å². The number of amidine groups is 1. The first-order valence-corrected chi connectivity index (χ1v) is 8.07. The summed E-state index contributed by atoms with van der Waals surface area (Å²) in [6.07, 6.45) is 0. The van der Waals surface area contributed by atoms with Crippen molar-refractivity contribution in [1.82, 2.24) is 4.90 Å². The maximum absolute atomic E-state index is 12.4. The Morgan fingerprint density at radius 2 is 1.71 bits per heavy atom. The van der Waals surface area contributed by atoms with Gasteiger partial charge in [-0.2, -0.15) is 4.99 Å². The van der Waals surface area contributed by atoms with Gasteiger partial charge in [-0.25, -0.2) is 4.79 Å². The number of morpholine rings is 1. The van der Waals surface area contributed by atoms with Crippen LogP contribution in [-0.4, -0.2) is 43.1 Å². The predicted octanol–water partition coefficient (Wildman–Crippen LogP) is 3.31. The van der Waals surface area contributed by atoms with Gasteiger partial charge < -0.3 is 15.0 Å². The lowest BCUT2D eigenvalue weighted by atomic mass is 10.2. The standard InChI is InChI=1S/C19H21N3O2/c1-15-7-9-17(10-8-15)20-19(23)21-18(16-5-3-2-4-6-16)22-11-13-24-14-12-22/h2-10H,11-14H2,1H3,(H,20,23)/b21-18+. The number of urea groups is 1. The molecule has 24 heavy (non-hydrogen) atoms. The zero-order valence-electron chi connectivity index (χ0n) is 13.7. The molecule has 0 atom stereocenters. The molecule has 0 aromatic heterocycles. The third-order valence-corrected chi connectivity index (χ3v) is 3.85. The van der Waals surface area contributed by atoms with Gasteiger partial charge in [0.2, 0.25) is 0 Å². The Balaban J connectivity index is 1.82. The maximum Gasteiger partial charge on any atom is 0.347 e. The Hall–Kier alpha value is -2.66. The highest BCUT2D eigenvalue weighted by Gasteiger charge is 2.18. The van der Waals surface area contributed by atoms with Gasteiger partial charge in [0.25, 0.3) is 0 Å². The molecule has 1 saturated heterocycles. The van der Waals surface area contributed by atoms with Gasteiger partial charge in [0.05, 0.1) is 13.2 Å². The number of aliphatic imine (C=N–C) groups is 1. The van der Waals surface area contributed by atoms with Crippen LogP contribution in [0.2, 0.25) is 0 Å². The minimum Gasteiger partial charge on any atom is -0.378 e. The van der Waals surface area contributed by atoms with Crippen LogP contribution >= 0.6 is 0 Å². The minimum absolute atomic E-state index is 0.371. The Labute approximate surface area is 142 Å². The fourth-order valence-corrected chi connectivity index (χ4v) is 2.56. The summed E-state index contributed by atoms with van der Waals surface area (Å²) >= 11 is 0. The second-order valence-electron chi connectivity index (χ2n) is 5.70. The highest BCUT2D eigenvalue weighted by Crippen LogP contribution is 2.12. The van der Waals surface area contributed by atoms with E-state index in [1.54, 1.807) is 0 Å². The van der Waals surface area contributed by atoms with E-state index in [0.717, 1.165) is 29.9 Å². The maximum atomic E-state index is 12.4. The number of rotatable bonds is 2. The number of carbonyl (C=O) groups excluding carboxylic acids is 1. The van der Waals surface area contributed by atoms with E-state index >= 15 is 0 Å². The van der Waals surface area contributed by atoms with Crippen molar-refractivity contribution in [2.75, 3.05) is 31.6 Å². The van der Waals surface area contributed by atoms with Crippen LogP contribution in [0.25, 0.3) is 0 Å². The van der Waals surface area contributed by atoms with Gasteiger partial charge >= 0.3 is 6.03 Å². The number of ether oxygens (including phenoxy) is 1. The Kier molecular flexibility index (Phi) is 5.23. The fraction of sp³-hybridized carbons (Fsp3) is 0.263. The first-order valence-electron chi connectivity index (χ1n) is 8.07. The molecule has 3 rings (SSSR count). The summed E-state index contributed by atoms with van der Waals surface area (Å²) in [7, 11) is 0. The SMILES string of the molecule is Cc1ccc(NC(=O)/N=C(\c2ccccc2)N2CCOCC2)cc1. The zero-order chi connectivity index (χ0) is 16.8. The molecule has 2 aromatic carbocycles. The molecule has 2 aromatic rings. The second-order valence-corrected chi connectivity index (χ2v) is 5.70. The van der Waals surface area contributed by atoms with E-state index in [-0.39, 0.29) is 6.03 Å². The first kappa shape index (κ1) is 16.2. The molecular weight excluding hydrogens is 302 g/mol. The lowest BCUT2D eigenvalue weighted by molar-refractivity contribution is 0.0682. The number of anilines is 1. The van der Waals surface area contributed by atoms with Gasteiger partial charge in [0.15, 0.2) is 0 Å². The summed E-state index contributed by atoms with van der Waals surface area (Å²) in [5.74, 6) is 0.684. The molecule has 5 heteroatoms. The molecule has 1 N–H and O–H groups in total.